The monoisotopic (exact) mass is 432 g/mol. The zero-order valence-electron chi connectivity index (χ0n) is 19.7. The lowest BCUT2D eigenvalue weighted by atomic mass is 10.0. The average molecular weight is 433 g/mol. The Morgan fingerprint density at radius 2 is 1.75 bits per heavy atom. The van der Waals surface area contributed by atoms with E-state index in [0.29, 0.717) is 0 Å². The Morgan fingerprint density at radius 1 is 1.00 bits per heavy atom. The lowest BCUT2D eigenvalue weighted by Gasteiger charge is -2.36. The van der Waals surface area contributed by atoms with Gasteiger partial charge in [-0.1, -0.05) is 18.2 Å². The Kier molecular flexibility index (Phi) is 6.85. The second kappa shape index (κ2) is 9.78. The number of rotatable bonds is 7. The van der Waals surface area contributed by atoms with Crippen LogP contribution < -0.4 is 10.2 Å². The van der Waals surface area contributed by atoms with Crippen molar-refractivity contribution in [2.24, 2.45) is 0 Å². The molecule has 0 bridgehead atoms. The van der Waals surface area contributed by atoms with Crippen LogP contribution in [0.2, 0.25) is 0 Å². The number of fused-ring (bicyclic) bond motifs is 1. The molecule has 1 aromatic heterocycles. The molecule has 0 unspecified atom stereocenters. The molecule has 2 aromatic carbocycles. The van der Waals surface area contributed by atoms with Gasteiger partial charge >= 0.3 is 0 Å². The number of piperazine rings is 1. The highest BCUT2D eigenvalue weighted by Gasteiger charge is 2.18. The first-order valence-electron chi connectivity index (χ1n) is 11.8. The molecule has 1 saturated heterocycles. The van der Waals surface area contributed by atoms with Gasteiger partial charge in [0.2, 0.25) is 0 Å². The number of amides is 1. The topological polar surface area (TPSA) is 51.4 Å². The minimum absolute atomic E-state index is 0.0128. The lowest BCUT2D eigenvalue weighted by molar-refractivity contribution is 0.0919. The van der Waals surface area contributed by atoms with E-state index in [9.17, 15) is 4.79 Å². The van der Waals surface area contributed by atoms with Crippen molar-refractivity contribution in [2.75, 3.05) is 37.6 Å². The Bertz CT molecular complexity index is 1030. The van der Waals surface area contributed by atoms with E-state index in [2.05, 4.69) is 56.6 Å². The van der Waals surface area contributed by atoms with Crippen molar-refractivity contribution in [3.05, 3.63) is 65.9 Å². The number of unbranched alkanes of at least 4 members (excludes halogenated alkanes) is 1. The fourth-order valence-corrected chi connectivity index (χ4v) is 4.46. The predicted octanol–water partition coefficient (Wildman–Crippen LogP) is 4.84. The number of carbonyl (C=O) groups excluding carboxylic acids is 1. The molecule has 0 atom stereocenters. The Morgan fingerprint density at radius 3 is 2.47 bits per heavy atom. The van der Waals surface area contributed by atoms with Gasteiger partial charge in [-0.05, 0) is 82.5 Å². The van der Waals surface area contributed by atoms with Gasteiger partial charge in [0.05, 0.1) is 0 Å². The molecule has 0 radical (unpaired) electrons. The van der Waals surface area contributed by atoms with E-state index in [1.165, 1.54) is 23.1 Å². The van der Waals surface area contributed by atoms with Crippen LogP contribution in [0.5, 0.6) is 0 Å². The zero-order chi connectivity index (χ0) is 22.6. The third-order valence-corrected chi connectivity index (χ3v) is 6.18. The average Bonchev–Trinajstić information content (AvgIpc) is 3.19. The number of nitrogens with one attached hydrogen (secondary N) is 2. The van der Waals surface area contributed by atoms with E-state index in [-0.39, 0.29) is 11.4 Å². The molecule has 1 fully saturated rings. The van der Waals surface area contributed by atoms with Crippen LogP contribution in [0.25, 0.3) is 10.9 Å². The lowest BCUT2D eigenvalue weighted by Crippen LogP contribution is -2.46. The number of para-hydroxylation sites is 1. The molecule has 1 aliphatic heterocycles. The molecular weight excluding hydrogens is 396 g/mol. The SMILES string of the molecule is CC(C)(C)NC(=O)c1ccc2[nH]cc(CCCCN3CCN(c4ccccc4)CC3)c2c1. The van der Waals surface area contributed by atoms with Gasteiger partial charge < -0.3 is 15.2 Å². The maximum absolute atomic E-state index is 12.6. The van der Waals surface area contributed by atoms with Gasteiger partial charge in [0.25, 0.3) is 5.91 Å². The van der Waals surface area contributed by atoms with Crippen LogP contribution in [0.15, 0.2) is 54.7 Å². The fraction of sp³-hybridized carbons (Fsp3) is 0.444. The maximum atomic E-state index is 12.6. The summed E-state index contributed by atoms with van der Waals surface area (Å²) in [6.45, 7) is 11.6. The molecule has 0 saturated carbocycles. The molecule has 1 aliphatic rings. The van der Waals surface area contributed by atoms with Crippen LogP contribution in [-0.4, -0.2) is 54.1 Å². The highest BCUT2D eigenvalue weighted by Crippen LogP contribution is 2.22. The van der Waals surface area contributed by atoms with Gasteiger partial charge in [-0.25, -0.2) is 0 Å². The summed E-state index contributed by atoms with van der Waals surface area (Å²) in [4.78, 5) is 21.0. The molecule has 2 heterocycles. The number of nitrogens with zero attached hydrogens (tertiary/aromatic N) is 2. The van der Waals surface area contributed by atoms with Crippen molar-refractivity contribution in [3.8, 4) is 0 Å². The van der Waals surface area contributed by atoms with Crippen LogP contribution >= 0.6 is 0 Å². The molecule has 3 aromatic rings. The van der Waals surface area contributed by atoms with Crippen molar-refractivity contribution < 1.29 is 4.79 Å². The van der Waals surface area contributed by atoms with E-state index >= 15 is 0 Å². The van der Waals surface area contributed by atoms with Crippen molar-refractivity contribution in [3.63, 3.8) is 0 Å². The largest absolute Gasteiger partial charge is 0.369 e. The number of hydrogen-bond acceptors (Lipinski definition) is 3. The van der Waals surface area contributed by atoms with Crippen molar-refractivity contribution >= 4 is 22.5 Å². The number of aromatic amines is 1. The Balaban J connectivity index is 1.26. The van der Waals surface area contributed by atoms with Crippen molar-refractivity contribution in [2.45, 2.75) is 45.6 Å². The van der Waals surface area contributed by atoms with Crippen LogP contribution in [0, 0.1) is 0 Å². The van der Waals surface area contributed by atoms with Crippen LogP contribution in [0.3, 0.4) is 0 Å². The Labute approximate surface area is 191 Å². The second-order valence-electron chi connectivity index (χ2n) is 9.90. The minimum atomic E-state index is -0.237. The molecular formula is C27H36N4O. The van der Waals surface area contributed by atoms with Crippen LogP contribution in [-0.2, 0) is 6.42 Å². The van der Waals surface area contributed by atoms with E-state index < -0.39 is 0 Å². The quantitative estimate of drug-likeness (QED) is 0.525. The first kappa shape index (κ1) is 22.4. The molecule has 32 heavy (non-hydrogen) atoms. The number of H-pyrrole nitrogens is 1. The highest BCUT2D eigenvalue weighted by atomic mass is 16.1. The highest BCUT2D eigenvalue weighted by molar-refractivity contribution is 5.99. The summed E-state index contributed by atoms with van der Waals surface area (Å²) in [7, 11) is 0. The van der Waals surface area contributed by atoms with Crippen LogP contribution in [0.1, 0.15) is 49.5 Å². The minimum Gasteiger partial charge on any atom is -0.369 e. The van der Waals surface area contributed by atoms with Crippen molar-refractivity contribution in [1.29, 1.82) is 0 Å². The molecule has 0 aliphatic carbocycles. The number of aromatic nitrogens is 1. The van der Waals surface area contributed by atoms with E-state index in [4.69, 9.17) is 0 Å². The molecule has 2 N–H and O–H groups in total. The van der Waals surface area contributed by atoms with Gasteiger partial charge in [0, 0.05) is 60.1 Å². The third kappa shape index (κ3) is 5.71. The summed E-state index contributed by atoms with van der Waals surface area (Å²) >= 11 is 0. The molecule has 4 rings (SSSR count). The van der Waals surface area contributed by atoms with Crippen molar-refractivity contribution in [1.82, 2.24) is 15.2 Å². The number of benzene rings is 2. The van der Waals surface area contributed by atoms with E-state index in [0.717, 1.165) is 56.6 Å². The predicted molar refractivity (Wildman–Crippen MR) is 134 cm³/mol. The smallest absolute Gasteiger partial charge is 0.251 e. The summed E-state index contributed by atoms with van der Waals surface area (Å²) < 4.78 is 0. The number of hydrogen-bond donors (Lipinski definition) is 2. The van der Waals surface area contributed by atoms with Gasteiger partial charge in [0.15, 0.2) is 0 Å². The molecule has 170 valence electrons. The van der Waals surface area contributed by atoms with Gasteiger partial charge in [0.1, 0.15) is 0 Å². The molecule has 5 nitrogen and oxygen atoms in total. The first-order chi connectivity index (χ1) is 15.4. The number of anilines is 1. The summed E-state index contributed by atoms with van der Waals surface area (Å²) in [5.41, 5.74) is 4.23. The van der Waals surface area contributed by atoms with E-state index in [1.807, 2.05) is 39.0 Å². The third-order valence-electron chi connectivity index (χ3n) is 6.18. The molecule has 1 amide bonds. The van der Waals surface area contributed by atoms with Crippen LogP contribution in [0.4, 0.5) is 5.69 Å². The fourth-order valence-electron chi connectivity index (χ4n) is 4.46. The number of carbonyl (C=O) groups is 1. The normalized spacial score (nSPS) is 15.3. The van der Waals surface area contributed by atoms with E-state index in [1.54, 1.807) is 0 Å². The van der Waals surface area contributed by atoms with Gasteiger partial charge in [-0.2, -0.15) is 0 Å². The summed E-state index contributed by atoms with van der Waals surface area (Å²) in [6.07, 6.45) is 5.50. The second-order valence-corrected chi connectivity index (χ2v) is 9.90. The Hall–Kier alpha value is -2.79. The summed E-state index contributed by atoms with van der Waals surface area (Å²) in [5.74, 6) is -0.0128. The van der Waals surface area contributed by atoms with Gasteiger partial charge in [-0.15, -0.1) is 0 Å². The molecule has 0 spiro atoms. The maximum Gasteiger partial charge on any atom is 0.251 e. The zero-order valence-corrected chi connectivity index (χ0v) is 19.7. The number of aryl methyl sites for hydroxylation is 1. The summed E-state index contributed by atoms with van der Waals surface area (Å²) in [5, 5.41) is 4.23. The molecule has 5 heteroatoms. The summed E-state index contributed by atoms with van der Waals surface area (Å²) in [6, 6.07) is 16.7. The van der Waals surface area contributed by atoms with Gasteiger partial charge in [-0.3, -0.25) is 9.69 Å². The standard InChI is InChI=1S/C27H36N4O/c1-27(2,3)29-26(32)21-12-13-25-24(19-21)22(20-28-25)9-7-8-14-30-15-17-31(18-16-30)23-10-5-4-6-11-23/h4-6,10-13,19-20,28H,7-9,14-18H2,1-3H3,(H,29,32). The first-order valence-corrected chi connectivity index (χ1v) is 11.8.